The maximum absolute atomic E-state index is 12.3. The number of allylic oxidation sites excluding steroid dienone is 1. The molecular formula is C21H19N3O5. The van der Waals surface area contributed by atoms with E-state index in [9.17, 15) is 15.2 Å². The summed E-state index contributed by atoms with van der Waals surface area (Å²) < 4.78 is 15.8. The van der Waals surface area contributed by atoms with Crippen molar-refractivity contribution >= 4 is 22.6 Å². The van der Waals surface area contributed by atoms with E-state index in [-0.39, 0.29) is 17.0 Å². The van der Waals surface area contributed by atoms with Crippen LogP contribution < -0.4 is 9.47 Å². The lowest BCUT2D eigenvalue weighted by Gasteiger charge is -2.11. The highest BCUT2D eigenvalue weighted by Gasteiger charge is 2.17. The van der Waals surface area contributed by atoms with Crippen molar-refractivity contribution in [3.05, 3.63) is 59.6 Å². The van der Waals surface area contributed by atoms with Crippen molar-refractivity contribution in [2.24, 2.45) is 0 Å². The Kier molecular flexibility index (Phi) is 6.00. The van der Waals surface area contributed by atoms with Gasteiger partial charge in [0.25, 0.3) is 0 Å². The number of aromatic amines is 1. The molecule has 0 unspecified atom stereocenters. The van der Waals surface area contributed by atoms with Crippen LogP contribution in [-0.4, -0.2) is 41.4 Å². The minimum atomic E-state index is -0.681. The Morgan fingerprint density at radius 2 is 2.03 bits per heavy atom. The van der Waals surface area contributed by atoms with Crippen molar-refractivity contribution in [2.45, 2.75) is 6.92 Å². The molecule has 29 heavy (non-hydrogen) atoms. The van der Waals surface area contributed by atoms with Gasteiger partial charge in [-0.2, -0.15) is 5.26 Å². The van der Waals surface area contributed by atoms with Crippen LogP contribution in [0.2, 0.25) is 0 Å². The number of para-hydroxylation sites is 2. The zero-order valence-corrected chi connectivity index (χ0v) is 15.9. The van der Waals surface area contributed by atoms with Gasteiger partial charge in [0.15, 0.2) is 23.1 Å². The molecule has 0 saturated carbocycles. The van der Waals surface area contributed by atoms with Gasteiger partial charge in [-0.1, -0.05) is 12.1 Å². The Morgan fingerprint density at radius 3 is 2.72 bits per heavy atom. The quantitative estimate of drug-likeness (QED) is 0.358. The number of hydrogen-bond acceptors (Lipinski definition) is 7. The zero-order valence-electron chi connectivity index (χ0n) is 15.9. The van der Waals surface area contributed by atoms with Crippen molar-refractivity contribution in [3.63, 3.8) is 0 Å². The monoisotopic (exact) mass is 393 g/mol. The third-order valence-corrected chi connectivity index (χ3v) is 4.07. The number of nitrogens with one attached hydrogen (secondary N) is 1. The first-order valence-electron chi connectivity index (χ1n) is 8.82. The number of nitrogens with zero attached hydrogens (tertiary/aromatic N) is 2. The van der Waals surface area contributed by atoms with E-state index in [0.29, 0.717) is 23.6 Å². The first-order valence-corrected chi connectivity index (χ1v) is 8.82. The minimum absolute atomic E-state index is 0.0988. The first-order chi connectivity index (χ1) is 14.1. The molecule has 0 fully saturated rings. The SMILES string of the molecule is CCOc1ccc(C(=O)OC/C(O)=C(\C#N)c2nc3ccccc3[nH]2)cc1OC. The molecule has 0 saturated heterocycles. The van der Waals surface area contributed by atoms with Gasteiger partial charge in [-0.25, -0.2) is 9.78 Å². The molecule has 2 N–H and O–H groups in total. The van der Waals surface area contributed by atoms with Gasteiger partial charge in [0, 0.05) is 0 Å². The third kappa shape index (κ3) is 4.30. The van der Waals surface area contributed by atoms with Crippen molar-refractivity contribution in [3.8, 4) is 17.6 Å². The predicted molar refractivity (Wildman–Crippen MR) is 106 cm³/mol. The number of aliphatic hydroxyl groups is 1. The van der Waals surface area contributed by atoms with Gasteiger partial charge in [-0.15, -0.1) is 0 Å². The summed E-state index contributed by atoms with van der Waals surface area (Å²) in [6.07, 6.45) is 0. The number of rotatable bonds is 7. The standard InChI is InChI=1S/C21H19N3O5/c1-3-28-18-9-8-13(10-19(18)27-2)21(26)29-12-17(25)14(11-22)20-23-15-6-4-5-7-16(15)24-20/h4-10,25H,3,12H2,1-2H3,(H,23,24)/b17-14-. The molecule has 0 bridgehead atoms. The highest BCUT2D eigenvalue weighted by Crippen LogP contribution is 2.28. The van der Waals surface area contributed by atoms with Gasteiger partial charge in [0.05, 0.1) is 30.3 Å². The number of esters is 1. The number of benzene rings is 2. The van der Waals surface area contributed by atoms with Gasteiger partial charge >= 0.3 is 5.97 Å². The average Bonchev–Trinajstić information content (AvgIpc) is 3.16. The molecule has 0 amide bonds. The largest absolute Gasteiger partial charge is 0.507 e. The van der Waals surface area contributed by atoms with E-state index in [0.717, 1.165) is 5.52 Å². The number of methoxy groups -OCH3 is 1. The summed E-state index contributed by atoms with van der Waals surface area (Å²) in [4.78, 5) is 19.5. The number of carbonyl (C=O) groups is 1. The molecule has 0 radical (unpaired) electrons. The summed E-state index contributed by atoms with van der Waals surface area (Å²) in [5.41, 5.74) is 1.50. The third-order valence-electron chi connectivity index (χ3n) is 4.07. The Morgan fingerprint density at radius 1 is 1.24 bits per heavy atom. The molecule has 2 aromatic carbocycles. The average molecular weight is 393 g/mol. The van der Waals surface area contributed by atoms with Crippen LogP contribution >= 0.6 is 0 Å². The maximum Gasteiger partial charge on any atom is 0.338 e. The topological polar surface area (TPSA) is 117 Å². The van der Waals surface area contributed by atoms with E-state index in [2.05, 4.69) is 9.97 Å². The lowest BCUT2D eigenvalue weighted by molar-refractivity contribution is 0.0502. The lowest BCUT2D eigenvalue weighted by atomic mass is 10.2. The van der Waals surface area contributed by atoms with Crippen LogP contribution in [0.15, 0.2) is 48.2 Å². The van der Waals surface area contributed by atoms with E-state index in [1.165, 1.54) is 19.2 Å². The van der Waals surface area contributed by atoms with Crippen molar-refractivity contribution in [1.29, 1.82) is 5.26 Å². The fourth-order valence-corrected chi connectivity index (χ4v) is 2.68. The summed E-state index contributed by atoms with van der Waals surface area (Å²) in [5.74, 6) is 0.00888. The van der Waals surface area contributed by atoms with Gasteiger partial charge < -0.3 is 24.3 Å². The van der Waals surface area contributed by atoms with E-state index >= 15 is 0 Å². The number of carbonyl (C=O) groups excluding carboxylic acids is 1. The normalized spacial score (nSPS) is 11.5. The number of nitriles is 1. The second-order valence-electron chi connectivity index (χ2n) is 5.91. The van der Waals surface area contributed by atoms with Crippen molar-refractivity contribution < 1.29 is 24.1 Å². The predicted octanol–water partition coefficient (Wildman–Crippen LogP) is 3.62. The van der Waals surface area contributed by atoms with Gasteiger partial charge in [0.2, 0.25) is 0 Å². The number of aromatic nitrogens is 2. The Bertz CT molecular complexity index is 1080. The number of ether oxygens (including phenoxy) is 3. The van der Waals surface area contributed by atoms with Crippen molar-refractivity contribution in [2.75, 3.05) is 20.3 Å². The summed E-state index contributed by atoms with van der Waals surface area (Å²) in [5, 5.41) is 19.7. The molecule has 1 heterocycles. The molecule has 0 spiro atoms. The smallest absolute Gasteiger partial charge is 0.338 e. The molecular weight excluding hydrogens is 374 g/mol. The van der Waals surface area contributed by atoms with Crippen LogP contribution in [0.1, 0.15) is 23.1 Å². The second-order valence-corrected chi connectivity index (χ2v) is 5.91. The number of imidazole rings is 1. The molecule has 3 rings (SSSR count). The minimum Gasteiger partial charge on any atom is -0.507 e. The maximum atomic E-state index is 12.3. The fourth-order valence-electron chi connectivity index (χ4n) is 2.68. The van der Waals surface area contributed by atoms with E-state index in [1.807, 2.05) is 25.1 Å². The van der Waals surface area contributed by atoms with E-state index < -0.39 is 18.3 Å². The lowest BCUT2D eigenvalue weighted by Crippen LogP contribution is -2.10. The van der Waals surface area contributed by atoms with E-state index in [1.54, 1.807) is 18.2 Å². The molecule has 3 aromatic rings. The highest BCUT2D eigenvalue weighted by molar-refractivity contribution is 5.90. The molecule has 8 heteroatoms. The Balaban J connectivity index is 1.76. The van der Waals surface area contributed by atoms with Gasteiger partial charge in [0.1, 0.15) is 18.2 Å². The fraction of sp³-hybridized carbons (Fsp3) is 0.190. The van der Waals surface area contributed by atoms with Gasteiger partial charge in [-0.05, 0) is 37.3 Å². The number of fused-ring (bicyclic) bond motifs is 1. The van der Waals surface area contributed by atoms with Crippen LogP contribution in [-0.2, 0) is 4.74 Å². The molecule has 148 valence electrons. The van der Waals surface area contributed by atoms with E-state index in [4.69, 9.17) is 14.2 Å². The van der Waals surface area contributed by atoms with Gasteiger partial charge in [-0.3, -0.25) is 0 Å². The Hall–Kier alpha value is -3.99. The van der Waals surface area contributed by atoms with Crippen LogP contribution in [0.25, 0.3) is 16.6 Å². The summed E-state index contributed by atoms with van der Waals surface area (Å²) in [6.45, 7) is 1.82. The zero-order chi connectivity index (χ0) is 20.8. The van der Waals surface area contributed by atoms with Crippen LogP contribution in [0.4, 0.5) is 0 Å². The highest BCUT2D eigenvalue weighted by atomic mass is 16.5. The second kappa shape index (κ2) is 8.80. The molecule has 8 nitrogen and oxygen atoms in total. The van der Waals surface area contributed by atoms with Crippen LogP contribution in [0.5, 0.6) is 11.5 Å². The molecule has 0 aliphatic carbocycles. The summed E-state index contributed by atoms with van der Waals surface area (Å²) in [6, 6.07) is 13.7. The molecule has 0 atom stereocenters. The number of hydrogen-bond donors (Lipinski definition) is 2. The Labute approximate surface area is 167 Å². The number of H-pyrrole nitrogens is 1. The number of aliphatic hydroxyl groups excluding tert-OH is 1. The molecule has 0 aliphatic heterocycles. The van der Waals surface area contributed by atoms with Crippen LogP contribution in [0.3, 0.4) is 0 Å². The summed E-state index contributed by atoms with van der Waals surface area (Å²) in [7, 11) is 1.47. The summed E-state index contributed by atoms with van der Waals surface area (Å²) >= 11 is 0. The molecule has 0 aliphatic rings. The van der Waals surface area contributed by atoms with Crippen molar-refractivity contribution in [1.82, 2.24) is 9.97 Å². The first kappa shape index (κ1) is 19.8. The molecule has 1 aromatic heterocycles. The van der Waals surface area contributed by atoms with Crippen LogP contribution in [0, 0.1) is 11.3 Å².